The number of Topliss-reactive ketones (excluding diaryl/α,β-unsaturated/α-hetero) is 1. The van der Waals surface area contributed by atoms with Crippen LogP contribution in [0.25, 0.3) is 11.2 Å². The van der Waals surface area contributed by atoms with Gasteiger partial charge in [-0.05, 0) is 67.1 Å². The van der Waals surface area contributed by atoms with E-state index in [4.69, 9.17) is 10.5 Å². The van der Waals surface area contributed by atoms with Crippen molar-refractivity contribution in [2.24, 2.45) is 5.73 Å². The summed E-state index contributed by atoms with van der Waals surface area (Å²) in [5.41, 5.74) is 8.06. The molecule has 1 unspecified atom stereocenters. The zero-order chi connectivity index (χ0) is 22.0. The van der Waals surface area contributed by atoms with Crippen LogP contribution in [0.5, 0.6) is 11.5 Å². The SMILES string of the molecule is Cc1ccnc2nc(C(C#N)C(=O)c3ccc(Oc4ccc(C(N)=O)cc4)cc3)[nH]c12. The lowest BCUT2D eigenvalue weighted by Crippen LogP contribution is -2.12. The lowest BCUT2D eigenvalue weighted by atomic mass is 9.98. The number of imidazole rings is 1. The van der Waals surface area contributed by atoms with E-state index >= 15 is 0 Å². The van der Waals surface area contributed by atoms with Crippen molar-refractivity contribution in [2.45, 2.75) is 12.8 Å². The van der Waals surface area contributed by atoms with Crippen LogP contribution in [-0.2, 0) is 0 Å². The van der Waals surface area contributed by atoms with E-state index in [0.29, 0.717) is 33.8 Å². The van der Waals surface area contributed by atoms with Crippen molar-refractivity contribution in [3.8, 4) is 17.6 Å². The Morgan fingerprint density at radius 1 is 1.03 bits per heavy atom. The topological polar surface area (TPSA) is 135 Å². The van der Waals surface area contributed by atoms with Gasteiger partial charge in [0.25, 0.3) is 0 Å². The van der Waals surface area contributed by atoms with E-state index in [9.17, 15) is 14.9 Å². The highest BCUT2D eigenvalue weighted by molar-refractivity contribution is 6.02. The number of pyridine rings is 1. The highest BCUT2D eigenvalue weighted by Crippen LogP contribution is 2.25. The number of carbonyl (C=O) groups is 2. The molecule has 4 rings (SSSR count). The number of ketones is 1. The largest absolute Gasteiger partial charge is 0.457 e. The molecule has 1 amide bonds. The van der Waals surface area contributed by atoms with Gasteiger partial charge in [-0.3, -0.25) is 9.59 Å². The molecule has 152 valence electrons. The second-order valence-corrected chi connectivity index (χ2v) is 6.89. The molecule has 4 aromatic rings. The summed E-state index contributed by atoms with van der Waals surface area (Å²) in [6.45, 7) is 1.90. The van der Waals surface area contributed by atoms with Gasteiger partial charge in [0.1, 0.15) is 17.3 Å². The van der Waals surface area contributed by atoms with E-state index in [0.717, 1.165) is 5.56 Å². The normalized spacial score (nSPS) is 11.6. The highest BCUT2D eigenvalue weighted by Gasteiger charge is 2.25. The summed E-state index contributed by atoms with van der Waals surface area (Å²) in [7, 11) is 0. The minimum absolute atomic E-state index is 0.263. The number of hydrogen-bond acceptors (Lipinski definition) is 6. The number of H-pyrrole nitrogens is 1. The van der Waals surface area contributed by atoms with Gasteiger partial charge in [-0.25, -0.2) is 9.97 Å². The predicted octanol–water partition coefficient (Wildman–Crippen LogP) is 3.65. The first-order chi connectivity index (χ1) is 15.0. The Balaban J connectivity index is 1.53. The highest BCUT2D eigenvalue weighted by atomic mass is 16.5. The molecule has 1 atom stereocenters. The molecule has 0 saturated heterocycles. The average molecular weight is 411 g/mol. The van der Waals surface area contributed by atoms with Crippen LogP contribution in [0, 0.1) is 18.3 Å². The first-order valence-electron chi connectivity index (χ1n) is 9.39. The monoisotopic (exact) mass is 411 g/mol. The van der Waals surface area contributed by atoms with Crippen LogP contribution in [0.15, 0.2) is 60.8 Å². The summed E-state index contributed by atoms with van der Waals surface area (Å²) < 4.78 is 5.72. The Morgan fingerprint density at radius 3 is 2.19 bits per heavy atom. The summed E-state index contributed by atoms with van der Waals surface area (Å²) in [6, 6.07) is 16.7. The maximum Gasteiger partial charge on any atom is 0.248 e. The third kappa shape index (κ3) is 3.97. The number of benzene rings is 2. The fourth-order valence-electron chi connectivity index (χ4n) is 3.11. The van der Waals surface area contributed by atoms with Crippen LogP contribution in [0.1, 0.15) is 38.0 Å². The number of rotatable bonds is 6. The van der Waals surface area contributed by atoms with E-state index in [2.05, 4.69) is 15.0 Å². The maximum atomic E-state index is 12.9. The molecular weight excluding hydrogens is 394 g/mol. The first-order valence-corrected chi connectivity index (χ1v) is 9.39. The standard InChI is InChI=1S/C23H17N5O3/c1-13-10-11-26-23-19(13)27-22(28-23)18(12-24)20(29)14-2-6-16(7-3-14)31-17-8-4-15(5-9-17)21(25)30/h2-11,18H,1H3,(H2,25,30)(H,26,27,28). The van der Waals surface area contributed by atoms with Crippen LogP contribution in [-0.4, -0.2) is 26.6 Å². The summed E-state index contributed by atoms with van der Waals surface area (Å²) in [6.07, 6.45) is 1.63. The molecule has 8 heteroatoms. The summed E-state index contributed by atoms with van der Waals surface area (Å²) in [5.74, 6) is -0.695. The molecule has 0 bridgehead atoms. The van der Waals surface area contributed by atoms with Crippen LogP contribution >= 0.6 is 0 Å². The average Bonchev–Trinajstić information content (AvgIpc) is 3.20. The number of nitrogens with zero attached hydrogens (tertiary/aromatic N) is 3. The van der Waals surface area contributed by atoms with Gasteiger partial charge in [-0.1, -0.05) is 0 Å². The lowest BCUT2D eigenvalue weighted by molar-refractivity contribution is 0.0974. The van der Waals surface area contributed by atoms with Crippen molar-refractivity contribution in [1.29, 1.82) is 5.26 Å². The fraction of sp³-hybridized carbons (Fsp3) is 0.0870. The molecule has 0 aliphatic rings. The van der Waals surface area contributed by atoms with Crippen LogP contribution in [0.2, 0.25) is 0 Å². The van der Waals surface area contributed by atoms with E-state index in [1.807, 2.05) is 19.1 Å². The molecule has 0 aliphatic carbocycles. The lowest BCUT2D eigenvalue weighted by Gasteiger charge is -2.08. The van der Waals surface area contributed by atoms with Gasteiger partial charge in [0, 0.05) is 17.3 Å². The summed E-state index contributed by atoms with van der Waals surface area (Å²) in [4.78, 5) is 35.6. The van der Waals surface area contributed by atoms with Crippen molar-refractivity contribution >= 4 is 22.9 Å². The van der Waals surface area contributed by atoms with Gasteiger partial charge in [-0.15, -0.1) is 0 Å². The number of aromatic amines is 1. The Kier molecular flexibility index (Phi) is 5.16. The minimum atomic E-state index is -1.08. The van der Waals surface area contributed by atoms with Crippen LogP contribution in [0.3, 0.4) is 0 Å². The van der Waals surface area contributed by atoms with Crippen molar-refractivity contribution in [2.75, 3.05) is 0 Å². The molecule has 2 heterocycles. The molecular formula is C23H17N5O3. The third-order valence-corrected chi connectivity index (χ3v) is 4.80. The van der Waals surface area contributed by atoms with Crippen molar-refractivity contribution in [3.05, 3.63) is 83.3 Å². The zero-order valence-electron chi connectivity index (χ0n) is 16.5. The Bertz CT molecular complexity index is 1320. The number of carbonyl (C=O) groups excluding carboxylic acids is 2. The Labute approximate surface area is 177 Å². The smallest absolute Gasteiger partial charge is 0.248 e. The second kappa shape index (κ2) is 8.08. The van der Waals surface area contributed by atoms with E-state index < -0.39 is 11.8 Å². The van der Waals surface area contributed by atoms with E-state index in [1.165, 1.54) is 0 Å². The second-order valence-electron chi connectivity index (χ2n) is 6.89. The number of fused-ring (bicyclic) bond motifs is 1. The number of nitrogens with one attached hydrogen (secondary N) is 1. The summed E-state index contributed by atoms with van der Waals surface area (Å²) >= 11 is 0. The fourth-order valence-corrected chi connectivity index (χ4v) is 3.11. The number of aromatic nitrogens is 3. The van der Waals surface area contributed by atoms with Gasteiger partial charge in [0.2, 0.25) is 5.91 Å². The van der Waals surface area contributed by atoms with Gasteiger partial charge < -0.3 is 15.5 Å². The van der Waals surface area contributed by atoms with Gasteiger partial charge in [0.15, 0.2) is 17.3 Å². The van der Waals surface area contributed by atoms with Crippen molar-refractivity contribution in [1.82, 2.24) is 15.0 Å². The molecule has 2 aromatic carbocycles. The van der Waals surface area contributed by atoms with E-state index in [-0.39, 0.29) is 11.6 Å². The van der Waals surface area contributed by atoms with Crippen LogP contribution in [0.4, 0.5) is 0 Å². The number of ether oxygens (including phenoxy) is 1. The van der Waals surface area contributed by atoms with Gasteiger partial charge in [-0.2, -0.15) is 5.26 Å². The number of aryl methyl sites for hydroxylation is 1. The quantitative estimate of drug-likeness (QED) is 0.465. The molecule has 2 aromatic heterocycles. The summed E-state index contributed by atoms with van der Waals surface area (Å²) in [5, 5.41) is 9.61. The number of nitrogens with two attached hydrogens (primary N) is 1. The number of amides is 1. The molecule has 3 N–H and O–H groups in total. The molecule has 8 nitrogen and oxygen atoms in total. The van der Waals surface area contributed by atoms with Crippen molar-refractivity contribution in [3.63, 3.8) is 0 Å². The first kappa shape index (κ1) is 19.8. The van der Waals surface area contributed by atoms with Gasteiger partial charge >= 0.3 is 0 Å². The Hall–Kier alpha value is -4.51. The third-order valence-electron chi connectivity index (χ3n) is 4.80. The zero-order valence-corrected chi connectivity index (χ0v) is 16.5. The number of hydrogen-bond donors (Lipinski definition) is 2. The molecule has 0 aliphatic heterocycles. The molecule has 0 spiro atoms. The van der Waals surface area contributed by atoms with Gasteiger partial charge in [0.05, 0.1) is 11.6 Å². The molecule has 0 saturated carbocycles. The van der Waals surface area contributed by atoms with E-state index in [1.54, 1.807) is 54.7 Å². The number of primary amides is 1. The van der Waals surface area contributed by atoms with Crippen LogP contribution < -0.4 is 10.5 Å². The minimum Gasteiger partial charge on any atom is -0.457 e. The maximum absolute atomic E-state index is 12.9. The predicted molar refractivity (Wildman–Crippen MR) is 113 cm³/mol. The number of nitriles is 1. The van der Waals surface area contributed by atoms with Crippen molar-refractivity contribution < 1.29 is 14.3 Å². The Morgan fingerprint density at radius 2 is 1.65 bits per heavy atom. The molecule has 0 radical (unpaired) electrons. The molecule has 0 fully saturated rings. The molecule has 31 heavy (non-hydrogen) atoms.